The first-order valence-electron chi connectivity index (χ1n) is 6.20. The minimum atomic E-state index is -0.355. The molecule has 2 atom stereocenters. The van der Waals surface area contributed by atoms with Crippen LogP contribution in [0.15, 0.2) is 18.2 Å². The number of halogens is 2. The van der Waals surface area contributed by atoms with Crippen LogP contribution in [0.3, 0.4) is 0 Å². The Labute approximate surface area is 106 Å². The molecule has 2 unspecified atom stereocenters. The normalized spacial score (nSPS) is 28.4. The molecule has 4 heteroatoms. The summed E-state index contributed by atoms with van der Waals surface area (Å²) in [7, 11) is 0. The second-order valence-electron chi connectivity index (χ2n) is 4.91. The monoisotopic (exact) mass is 254 g/mol. The van der Waals surface area contributed by atoms with Crippen molar-refractivity contribution in [3.8, 4) is 0 Å². The molecule has 1 aromatic rings. The van der Waals surface area contributed by atoms with Crippen LogP contribution in [0.5, 0.6) is 0 Å². The maximum atomic E-state index is 13.1. The van der Waals surface area contributed by atoms with Crippen molar-refractivity contribution in [2.45, 2.75) is 31.3 Å². The number of nitrogens with one attached hydrogen (secondary N) is 1. The zero-order chi connectivity index (χ0) is 11.8. The fourth-order valence-corrected chi connectivity index (χ4v) is 3.23. The third-order valence-corrected chi connectivity index (χ3v) is 4.17. The third-order valence-electron chi connectivity index (χ3n) is 3.88. The zero-order valence-electron chi connectivity index (χ0n) is 9.63. The van der Waals surface area contributed by atoms with E-state index in [2.05, 4.69) is 10.2 Å². The van der Waals surface area contributed by atoms with E-state index in [1.807, 2.05) is 0 Å². The molecular formula is C13H16ClFN2. The lowest BCUT2D eigenvalue weighted by Gasteiger charge is -2.22. The highest BCUT2D eigenvalue weighted by molar-refractivity contribution is 6.31. The van der Waals surface area contributed by atoms with E-state index in [1.165, 1.54) is 38.4 Å². The van der Waals surface area contributed by atoms with Crippen molar-refractivity contribution in [3.05, 3.63) is 29.0 Å². The maximum absolute atomic E-state index is 13.1. The molecule has 0 aromatic heterocycles. The molecule has 1 N–H and O–H groups in total. The van der Waals surface area contributed by atoms with Crippen LogP contribution in [0.2, 0.25) is 5.02 Å². The smallest absolute Gasteiger partial charge is 0.141 e. The summed E-state index contributed by atoms with van der Waals surface area (Å²) in [5.41, 5.74) is 0.926. The van der Waals surface area contributed by atoms with Gasteiger partial charge in [0.25, 0.3) is 0 Å². The van der Waals surface area contributed by atoms with E-state index in [0.717, 1.165) is 5.69 Å². The van der Waals surface area contributed by atoms with Crippen LogP contribution in [-0.4, -0.2) is 30.1 Å². The van der Waals surface area contributed by atoms with E-state index in [9.17, 15) is 4.39 Å². The fourth-order valence-electron chi connectivity index (χ4n) is 3.05. The highest BCUT2D eigenvalue weighted by Gasteiger charge is 2.36. The average molecular weight is 255 g/mol. The van der Waals surface area contributed by atoms with Gasteiger partial charge in [0.05, 0.1) is 5.02 Å². The van der Waals surface area contributed by atoms with Crippen molar-refractivity contribution >= 4 is 17.3 Å². The van der Waals surface area contributed by atoms with Crippen LogP contribution >= 0.6 is 11.6 Å². The summed E-state index contributed by atoms with van der Waals surface area (Å²) in [5.74, 6) is -0.355. The minimum Gasteiger partial charge on any atom is -0.381 e. The highest BCUT2D eigenvalue weighted by atomic mass is 35.5. The topological polar surface area (TPSA) is 15.3 Å². The van der Waals surface area contributed by atoms with E-state index < -0.39 is 0 Å². The van der Waals surface area contributed by atoms with Gasteiger partial charge in [-0.3, -0.25) is 4.90 Å². The first-order chi connectivity index (χ1) is 8.24. The third kappa shape index (κ3) is 2.14. The Morgan fingerprint density at radius 3 is 3.00 bits per heavy atom. The summed E-state index contributed by atoms with van der Waals surface area (Å²) >= 11 is 5.79. The van der Waals surface area contributed by atoms with Gasteiger partial charge in [-0.25, -0.2) is 4.39 Å². The molecule has 0 spiro atoms. The second-order valence-corrected chi connectivity index (χ2v) is 5.32. The van der Waals surface area contributed by atoms with Crippen molar-refractivity contribution in [2.24, 2.45) is 0 Å². The Bertz CT molecular complexity index is 424. The molecule has 0 radical (unpaired) electrons. The van der Waals surface area contributed by atoms with Crippen molar-refractivity contribution in [2.75, 3.05) is 18.4 Å². The second kappa shape index (κ2) is 4.46. The molecule has 2 saturated heterocycles. The minimum absolute atomic E-state index is 0.191. The van der Waals surface area contributed by atoms with E-state index in [-0.39, 0.29) is 10.8 Å². The number of fused-ring (bicyclic) bond motifs is 1. The van der Waals surface area contributed by atoms with Gasteiger partial charge < -0.3 is 5.32 Å². The molecule has 92 valence electrons. The number of hydrogen-bond acceptors (Lipinski definition) is 2. The molecule has 2 heterocycles. The van der Waals surface area contributed by atoms with Gasteiger partial charge in [-0.2, -0.15) is 0 Å². The quantitative estimate of drug-likeness (QED) is 0.872. The van der Waals surface area contributed by atoms with Gasteiger partial charge in [-0.1, -0.05) is 11.6 Å². The summed E-state index contributed by atoms with van der Waals surface area (Å²) < 4.78 is 13.1. The highest BCUT2D eigenvalue weighted by Crippen LogP contribution is 2.30. The van der Waals surface area contributed by atoms with Crippen molar-refractivity contribution < 1.29 is 4.39 Å². The summed E-state index contributed by atoms with van der Waals surface area (Å²) in [6, 6.07) is 6.00. The fraction of sp³-hybridized carbons (Fsp3) is 0.538. The van der Waals surface area contributed by atoms with Crippen LogP contribution in [-0.2, 0) is 0 Å². The molecular weight excluding hydrogens is 239 g/mol. The zero-order valence-corrected chi connectivity index (χ0v) is 10.4. The van der Waals surface area contributed by atoms with E-state index >= 15 is 0 Å². The Morgan fingerprint density at radius 2 is 2.18 bits per heavy atom. The molecule has 17 heavy (non-hydrogen) atoms. The number of rotatable bonds is 2. The van der Waals surface area contributed by atoms with Crippen LogP contribution in [0.4, 0.5) is 10.1 Å². The van der Waals surface area contributed by atoms with Crippen molar-refractivity contribution in [1.29, 1.82) is 0 Å². The molecule has 3 rings (SSSR count). The molecule has 0 bridgehead atoms. The van der Waals surface area contributed by atoms with Crippen LogP contribution < -0.4 is 5.32 Å². The van der Waals surface area contributed by atoms with Gasteiger partial charge in [0, 0.05) is 24.3 Å². The molecule has 2 nitrogen and oxygen atoms in total. The molecule has 0 saturated carbocycles. The van der Waals surface area contributed by atoms with Crippen LogP contribution in [0.1, 0.15) is 19.3 Å². The van der Waals surface area contributed by atoms with Crippen molar-refractivity contribution in [3.63, 3.8) is 0 Å². The van der Waals surface area contributed by atoms with Gasteiger partial charge in [-0.05, 0) is 44.0 Å². The van der Waals surface area contributed by atoms with Gasteiger partial charge in [-0.15, -0.1) is 0 Å². The number of hydrogen-bond donors (Lipinski definition) is 1. The van der Waals surface area contributed by atoms with Crippen LogP contribution in [0.25, 0.3) is 0 Å². The molecule has 0 amide bonds. The van der Waals surface area contributed by atoms with E-state index in [1.54, 1.807) is 12.1 Å². The first-order valence-corrected chi connectivity index (χ1v) is 6.57. The molecule has 2 aliphatic heterocycles. The largest absolute Gasteiger partial charge is 0.381 e. The number of nitrogens with zero attached hydrogens (tertiary/aromatic N) is 1. The SMILES string of the molecule is Fc1ccc(NC2CCN3CCCC23)cc1Cl. The number of benzene rings is 1. The lowest BCUT2D eigenvalue weighted by Crippen LogP contribution is -2.33. The predicted molar refractivity (Wildman–Crippen MR) is 68.0 cm³/mol. The van der Waals surface area contributed by atoms with Crippen LogP contribution in [0, 0.1) is 5.82 Å². The van der Waals surface area contributed by atoms with Gasteiger partial charge in [0.2, 0.25) is 0 Å². The molecule has 2 fully saturated rings. The predicted octanol–water partition coefficient (Wildman–Crippen LogP) is 3.13. The Balaban J connectivity index is 1.72. The van der Waals surface area contributed by atoms with E-state index in [0.29, 0.717) is 12.1 Å². The summed E-state index contributed by atoms with van der Waals surface area (Å²) in [4.78, 5) is 2.54. The summed E-state index contributed by atoms with van der Waals surface area (Å²) in [6.07, 6.45) is 3.74. The Hall–Kier alpha value is -0.800. The van der Waals surface area contributed by atoms with Gasteiger partial charge in [0.15, 0.2) is 0 Å². The first kappa shape index (κ1) is 11.3. The molecule has 2 aliphatic rings. The molecule has 1 aromatic carbocycles. The lowest BCUT2D eigenvalue weighted by atomic mass is 10.1. The van der Waals surface area contributed by atoms with E-state index in [4.69, 9.17) is 11.6 Å². The number of anilines is 1. The maximum Gasteiger partial charge on any atom is 0.141 e. The summed E-state index contributed by atoms with van der Waals surface area (Å²) in [6.45, 7) is 2.41. The average Bonchev–Trinajstić information content (AvgIpc) is 2.88. The Kier molecular flexibility index (Phi) is 2.97. The van der Waals surface area contributed by atoms with Gasteiger partial charge >= 0.3 is 0 Å². The molecule has 0 aliphatic carbocycles. The van der Waals surface area contributed by atoms with Crippen molar-refractivity contribution in [1.82, 2.24) is 4.90 Å². The summed E-state index contributed by atoms with van der Waals surface area (Å²) in [5, 5.41) is 3.68. The lowest BCUT2D eigenvalue weighted by molar-refractivity contribution is 0.318. The Morgan fingerprint density at radius 1 is 1.29 bits per heavy atom. The standard InChI is InChI=1S/C13H16ClFN2/c14-10-8-9(3-4-11(10)15)16-12-5-7-17-6-1-2-13(12)17/h3-4,8,12-13,16H,1-2,5-7H2. The van der Waals surface area contributed by atoms with Gasteiger partial charge in [0.1, 0.15) is 5.82 Å².